The lowest BCUT2D eigenvalue weighted by Gasteiger charge is -2.23. The van der Waals surface area contributed by atoms with Crippen molar-refractivity contribution in [1.29, 1.82) is 0 Å². The van der Waals surface area contributed by atoms with Gasteiger partial charge >= 0.3 is 0 Å². The average molecular weight is 322 g/mol. The SMILES string of the molecule is CC(C)N(C)C(=O)C1=NO[C@]2(CCN(Cc3nccs3)C2)C1. The van der Waals surface area contributed by atoms with Crippen molar-refractivity contribution in [2.75, 3.05) is 20.1 Å². The van der Waals surface area contributed by atoms with E-state index in [4.69, 9.17) is 4.84 Å². The van der Waals surface area contributed by atoms with Gasteiger partial charge in [-0.15, -0.1) is 11.3 Å². The Kier molecular flexibility index (Phi) is 4.18. The summed E-state index contributed by atoms with van der Waals surface area (Å²) in [5.74, 6) is -0.0229. The Morgan fingerprint density at radius 2 is 2.41 bits per heavy atom. The number of amides is 1. The number of carbonyl (C=O) groups excluding carboxylic acids is 1. The standard InChI is InChI=1S/C15H22N4O2S/c1-11(2)18(3)14(20)12-8-15(21-17-12)4-6-19(10-15)9-13-16-5-7-22-13/h5,7,11H,4,6,8-10H2,1-3H3/t15-/m1/s1. The zero-order chi connectivity index (χ0) is 15.7. The topological polar surface area (TPSA) is 58.0 Å². The van der Waals surface area contributed by atoms with E-state index in [1.54, 1.807) is 16.2 Å². The van der Waals surface area contributed by atoms with Crippen molar-refractivity contribution in [3.63, 3.8) is 0 Å². The zero-order valence-corrected chi connectivity index (χ0v) is 14.1. The first-order chi connectivity index (χ1) is 10.5. The second-order valence-corrected chi connectivity index (χ2v) is 7.36. The highest BCUT2D eigenvalue weighted by Gasteiger charge is 2.47. The van der Waals surface area contributed by atoms with Gasteiger partial charge in [-0.05, 0) is 13.8 Å². The summed E-state index contributed by atoms with van der Waals surface area (Å²) in [4.78, 5) is 26.4. The molecule has 6 nitrogen and oxygen atoms in total. The molecule has 0 aromatic carbocycles. The van der Waals surface area contributed by atoms with Crippen molar-refractivity contribution in [3.05, 3.63) is 16.6 Å². The molecule has 1 saturated heterocycles. The lowest BCUT2D eigenvalue weighted by molar-refractivity contribution is -0.124. The molecule has 1 spiro atoms. The molecule has 0 aliphatic carbocycles. The molecule has 0 saturated carbocycles. The first-order valence-corrected chi connectivity index (χ1v) is 8.50. The van der Waals surface area contributed by atoms with Gasteiger partial charge < -0.3 is 9.74 Å². The second-order valence-electron chi connectivity index (χ2n) is 6.39. The van der Waals surface area contributed by atoms with E-state index in [-0.39, 0.29) is 17.6 Å². The number of rotatable bonds is 4. The summed E-state index contributed by atoms with van der Waals surface area (Å²) < 4.78 is 0. The Hall–Kier alpha value is -1.47. The molecule has 1 fully saturated rings. The number of likely N-dealkylation sites (tertiary alicyclic amines) is 1. The van der Waals surface area contributed by atoms with Crippen LogP contribution in [0.3, 0.4) is 0 Å². The minimum atomic E-state index is -0.319. The van der Waals surface area contributed by atoms with E-state index in [1.165, 1.54) is 0 Å². The van der Waals surface area contributed by atoms with Crippen LogP contribution in [0.25, 0.3) is 0 Å². The van der Waals surface area contributed by atoms with Gasteiger partial charge in [0.1, 0.15) is 10.7 Å². The molecule has 0 radical (unpaired) electrons. The summed E-state index contributed by atoms with van der Waals surface area (Å²) in [6.07, 6.45) is 3.35. The van der Waals surface area contributed by atoms with E-state index in [0.29, 0.717) is 12.1 Å². The maximum Gasteiger partial charge on any atom is 0.271 e. The van der Waals surface area contributed by atoms with E-state index in [1.807, 2.05) is 32.5 Å². The lowest BCUT2D eigenvalue weighted by atomic mass is 9.96. The summed E-state index contributed by atoms with van der Waals surface area (Å²) in [6.45, 7) is 6.59. The maximum absolute atomic E-state index is 12.4. The van der Waals surface area contributed by atoms with Crippen molar-refractivity contribution in [2.24, 2.45) is 5.16 Å². The first-order valence-electron chi connectivity index (χ1n) is 7.62. The predicted molar refractivity (Wildman–Crippen MR) is 85.8 cm³/mol. The van der Waals surface area contributed by atoms with Gasteiger partial charge in [-0.3, -0.25) is 9.69 Å². The smallest absolute Gasteiger partial charge is 0.271 e. The molecule has 0 unspecified atom stereocenters. The molecule has 120 valence electrons. The Morgan fingerprint density at radius 3 is 3.09 bits per heavy atom. The molecule has 2 aliphatic rings. The van der Waals surface area contributed by atoms with Crippen molar-refractivity contribution in [3.8, 4) is 0 Å². The lowest BCUT2D eigenvalue weighted by Crippen LogP contribution is -2.40. The molecule has 1 aromatic heterocycles. The number of aromatic nitrogens is 1. The summed E-state index contributed by atoms with van der Waals surface area (Å²) in [7, 11) is 1.81. The van der Waals surface area contributed by atoms with Crippen LogP contribution in [0.15, 0.2) is 16.7 Å². The van der Waals surface area contributed by atoms with Gasteiger partial charge in [0.15, 0.2) is 5.60 Å². The minimum Gasteiger partial charge on any atom is -0.387 e. The highest BCUT2D eigenvalue weighted by atomic mass is 32.1. The maximum atomic E-state index is 12.4. The Balaban J connectivity index is 1.58. The predicted octanol–water partition coefficient (Wildman–Crippen LogP) is 1.73. The average Bonchev–Trinajstić information content (AvgIpc) is 3.21. The van der Waals surface area contributed by atoms with Crippen LogP contribution in [-0.2, 0) is 16.2 Å². The van der Waals surface area contributed by atoms with Gasteiger partial charge in [-0.25, -0.2) is 4.98 Å². The summed E-state index contributed by atoms with van der Waals surface area (Å²) in [5, 5.41) is 7.20. The highest BCUT2D eigenvalue weighted by molar-refractivity contribution is 7.09. The van der Waals surface area contributed by atoms with Crippen molar-refractivity contribution in [2.45, 2.75) is 44.9 Å². The van der Waals surface area contributed by atoms with Gasteiger partial charge in [0.2, 0.25) is 0 Å². The van der Waals surface area contributed by atoms with Gasteiger partial charge in [0, 0.05) is 50.6 Å². The number of hydrogen-bond donors (Lipinski definition) is 0. The number of hydrogen-bond acceptors (Lipinski definition) is 6. The molecular weight excluding hydrogens is 300 g/mol. The highest BCUT2D eigenvalue weighted by Crippen LogP contribution is 2.35. The quantitative estimate of drug-likeness (QED) is 0.847. The van der Waals surface area contributed by atoms with E-state index < -0.39 is 0 Å². The zero-order valence-electron chi connectivity index (χ0n) is 13.3. The fraction of sp³-hybridized carbons (Fsp3) is 0.667. The van der Waals surface area contributed by atoms with Gasteiger partial charge in [-0.1, -0.05) is 5.16 Å². The Morgan fingerprint density at radius 1 is 1.59 bits per heavy atom. The Bertz CT molecular complexity index is 572. The van der Waals surface area contributed by atoms with Crippen LogP contribution >= 0.6 is 11.3 Å². The van der Waals surface area contributed by atoms with Crippen molar-refractivity contribution in [1.82, 2.24) is 14.8 Å². The second kappa shape index (κ2) is 5.96. The molecule has 3 heterocycles. The minimum absolute atomic E-state index is 0.0229. The third-order valence-corrected chi connectivity index (χ3v) is 5.18. The number of carbonyl (C=O) groups is 1. The molecule has 0 N–H and O–H groups in total. The van der Waals surface area contributed by atoms with E-state index in [9.17, 15) is 4.79 Å². The fourth-order valence-corrected chi connectivity index (χ4v) is 3.54. The molecular formula is C15H22N4O2S. The molecule has 2 aliphatic heterocycles. The number of thiazole rings is 1. The van der Waals surface area contributed by atoms with Crippen molar-refractivity contribution < 1.29 is 9.63 Å². The van der Waals surface area contributed by atoms with E-state index >= 15 is 0 Å². The van der Waals surface area contributed by atoms with Gasteiger partial charge in [0.25, 0.3) is 5.91 Å². The summed E-state index contributed by atoms with van der Waals surface area (Å²) >= 11 is 1.67. The van der Waals surface area contributed by atoms with Crippen LogP contribution in [0.1, 0.15) is 31.7 Å². The van der Waals surface area contributed by atoms with Gasteiger partial charge in [-0.2, -0.15) is 0 Å². The molecule has 1 aromatic rings. The van der Waals surface area contributed by atoms with Crippen LogP contribution in [0.2, 0.25) is 0 Å². The normalized spacial score (nSPS) is 24.8. The van der Waals surface area contributed by atoms with Crippen LogP contribution in [0.4, 0.5) is 0 Å². The summed E-state index contributed by atoms with van der Waals surface area (Å²) in [5.41, 5.74) is 0.229. The van der Waals surface area contributed by atoms with Crippen LogP contribution in [0, 0.1) is 0 Å². The molecule has 1 atom stereocenters. The largest absolute Gasteiger partial charge is 0.387 e. The molecule has 0 bridgehead atoms. The molecule has 1 amide bonds. The number of oxime groups is 1. The van der Waals surface area contributed by atoms with Crippen LogP contribution in [-0.4, -0.2) is 58.2 Å². The molecule has 7 heteroatoms. The van der Waals surface area contributed by atoms with E-state index in [2.05, 4.69) is 15.0 Å². The van der Waals surface area contributed by atoms with Gasteiger partial charge in [0.05, 0.1) is 6.54 Å². The first kappa shape index (κ1) is 15.4. The monoisotopic (exact) mass is 322 g/mol. The Labute approximate surface area is 134 Å². The van der Waals surface area contributed by atoms with Crippen LogP contribution in [0.5, 0.6) is 0 Å². The number of nitrogens with zero attached hydrogens (tertiary/aromatic N) is 4. The third kappa shape index (κ3) is 3.01. The van der Waals surface area contributed by atoms with E-state index in [0.717, 1.165) is 31.1 Å². The fourth-order valence-electron chi connectivity index (χ4n) is 2.88. The third-order valence-electron chi connectivity index (χ3n) is 4.42. The molecule has 22 heavy (non-hydrogen) atoms. The molecule has 3 rings (SSSR count). The summed E-state index contributed by atoms with van der Waals surface area (Å²) in [6, 6.07) is 0.164. The van der Waals surface area contributed by atoms with Crippen LogP contribution < -0.4 is 0 Å². The van der Waals surface area contributed by atoms with Crippen molar-refractivity contribution >= 4 is 23.0 Å².